The summed E-state index contributed by atoms with van der Waals surface area (Å²) < 4.78 is 10.4. The molecular weight excluding hydrogens is 264 g/mol. The Morgan fingerprint density at radius 2 is 2.10 bits per heavy atom. The van der Waals surface area contributed by atoms with Crippen LogP contribution >= 0.6 is 0 Å². The maximum Gasteiger partial charge on any atom is 0.374 e. The molecule has 20 heavy (non-hydrogen) atoms. The van der Waals surface area contributed by atoms with Gasteiger partial charge in [0.05, 0.1) is 18.9 Å². The van der Waals surface area contributed by atoms with Crippen molar-refractivity contribution in [3.05, 3.63) is 11.5 Å². The minimum absolute atomic E-state index is 0.218. The van der Waals surface area contributed by atoms with Crippen LogP contribution in [0.1, 0.15) is 23.2 Å². The zero-order valence-corrected chi connectivity index (χ0v) is 11.0. The first-order chi connectivity index (χ1) is 9.70. The fraction of sp³-hybridized carbons (Fsp3) is 0.500. The quantitative estimate of drug-likeness (QED) is 0.876. The summed E-state index contributed by atoms with van der Waals surface area (Å²) in [6.45, 7) is 4.42. The third-order valence-corrected chi connectivity index (χ3v) is 3.22. The molecule has 1 aliphatic heterocycles. The van der Waals surface area contributed by atoms with Crippen LogP contribution in [0.15, 0.2) is 4.52 Å². The van der Waals surface area contributed by atoms with Crippen LogP contribution in [0.4, 0.5) is 5.82 Å². The fourth-order valence-corrected chi connectivity index (χ4v) is 2.23. The summed E-state index contributed by atoms with van der Waals surface area (Å²) in [6.07, 6.45) is 0.667. The second-order valence-electron chi connectivity index (χ2n) is 4.44. The van der Waals surface area contributed by atoms with Crippen molar-refractivity contribution in [1.29, 1.82) is 0 Å². The van der Waals surface area contributed by atoms with Gasteiger partial charge in [0.2, 0.25) is 5.82 Å². The molecule has 1 N–H and O–H groups in total. The van der Waals surface area contributed by atoms with E-state index in [-0.39, 0.29) is 11.5 Å². The predicted molar refractivity (Wildman–Crippen MR) is 69.0 cm³/mol. The fourth-order valence-electron chi connectivity index (χ4n) is 2.23. The van der Waals surface area contributed by atoms with Crippen LogP contribution in [0, 0.1) is 0 Å². The molecule has 1 fully saturated rings. The summed E-state index contributed by atoms with van der Waals surface area (Å²) >= 11 is 0. The smallest absolute Gasteiger partial charge is 0.374 e. The number of ether oxygens (including phenoxy) is 1. The summed E-state index contributed by atoms with van der Waals surface area (Å²) in [5.74, 6) is -0.901. The maximum atomic E-state index is 11.1. The molecule has 3 rings (SSSR count). The molecule has 0 amide bonds. The van der Waals surface area contributed by atoms with Crippen molar-refractivity contribution in [1.82, 2.24) is 15.1 Å². The van der Waals surface area contributed by atoms with Gasteiger partial charge in [-0.2, -0.15) is 4.98 Å². The lowest BCUT2D eigenvalue weighted by molar-refractivity contribution is 0.0683. The number of aryl methyl sites for hydroxylation is 1. The van der Waals surface area contributed by atoms with Gasteiger partial charge in [0.15, 0.2) is 0 Å². The van der Waals surface area contributed by atoms with E-state index in [4.69, 9.17) is 14.4 Å². The molecule has 8 nitrogen and oxygen atoms in total. The maximum absolute atomic E-state index is 11.1. The SMILES string of the molecule is CCc1noc2nc(C(=O)O)nc(N3CCOCC3)c12. The number of aromatic nitrogens is 3. The molecule has 0 spiro atoms. The van der Waals surface area contributed by atoms with Crippen LogP contribution in [0.2, 0.25) is 0 Å². The monoisotopic (exact) mass is 278 g/mol. The summed E-state index contributed by atoms with van der Waals surface area (Å²) in [4.78, 5) is 21.2. The number of carboxylic acid groups (broad SMARTS) is 1. The molecule has 8 heteroatoms. The van der Waals surface area contributed by atoms with Gasteiger partial charge >= 0.3 is 5.97 Å². The van der Waals surface area contributed by atoms with Crippen molar-refractivity contribution < 1.29 is 19.2 Å². The van der Waals surface area contributed by atoms with E-state index in [0.717, 1.165) is 5.69 Å². The Kier molecular flexibility index (Phi) is 3.23. The first-order valence-corrected chi connectivity index (χ1v) is 6.43. The normalized spacial score (nSPS) is 15.8. The van der Waals surface area contributed by atoms with E-state index in [1.54, 1.807) is 0 Å². The Morgan fingerprint density at radius 1 is 1.35 bits per heavy atom. The second-order valence-corrected chi connectivity index (χ2v) is 4.44. The first kappa shape index (κ1) is 12.8. The van der Waals surface area contributed by atoms with Crippen molar-refractivity contribution in [3.63, 3.8) is 0 Å². The number of nitrogens with zero attached hydrogens (tertiary/aromatic N) is 4. The number of fused-ring (bicyclic) bond motifs is 1. The van der Waals surface area contributed by atoms with E-state index >= 15 is 0 Å². The summed E-state index contributed by atoms with van der Waals surface area (Å²) in [5.41, 5.74) is 0.953. The van der Waals surface area contributed by atoms with Gasteiger partial charge in [0, 0.05) is 13.1 Å². The number of carbonyl (C=O) groups is 1. The lowest BCUT2D eigenvalue weighted by Crippen LogP contribution is -2.37. The number of morpholine rings is 1. The van der Waals surface area contributed by atoms with E-state index < -0.39 is 5.97 Å². The van der Waals surface area contributed by atoms with Gasteiger partial charge in [0.1, 0.15) is 11.2 Å². The number of hydrogen-bond acceptors (Lipinski definition) is 7. The average molecular weight is 278 g/mol. The standard InChI is InChI=1S/C12H14N4O4/c1-2-7-8-10(16-3-5-19-6-4-16)13-9(12(17)18)14-11(8)20-15-7/h2-6H2,1H3,(H,17,18). The second kappa shape index (κ2) is 5.04. The highest BCUT2D eigenvalue weighted by Gasteiger charge is 2.24. The molecule has 1 saturated heterocycles. The lowest BCUT2D eigenvalue weighted by Gasteiger charge is -2.28. The van der Waals surface area contributed by atoms with Crippen molar-refractivity contribution in [2.75, 3.05) is 31.2 Å². The number of carboxylic acids is 1. The Morgan fingerprint density at radius 3 is 2.75 bits per heavy atom. The van der Waals surface area contributed by atoms with Gasteiger partial charge in [-0.1, -0.05) is 12.1 Å². The molecule has 0 radical (unpaired) electrons. The number of hydrogen-bond donors (Lipinski definition) is 1. The Labute approximate surface area is 114 Å². The molecule has 1 aliphatic rings. The molecule has 0 aromatic carbocycles. The van der Waals surface area contributed by atoms with E-state index in [9.17, 15) is 4.79 Å². The van der Waals surface area contributed by atoms with E-state index in [1.165, 1.54) is 0 Å². The molecule has 0 bridgehead atoms. The third-order valence-electron chi connectivity index (χ3n) is 3.22. The largest absolute Gasteiger partial charge is 0.475 e. The molecule has 3 heterocycles. The van der Waals surface area contributed by atoms with Crippen molar-refractivity contribution in [2.24, 2.45) is 0 Å². The van der Waals surface area contributed by atoms with Gasteiger partial charge in [-0.3, -0.25) is 0 Å². The van der Waals surface area contributed by atoms with Crippen LogP contribution in [-0.2, 0) is 11.2 Å². The van der Waals surface area contributed by atoms with Crippen LogP contribution < -0.4 is 4.90 Å². The van der Waals surface area contributed by atoms with E-state index in [2.05, 4.69) is 15.1 Å². The van der Waals surface area contributed by atoms with Crippen LogP contribution in [-0.4, -0.2) is 52.5 Å². The van der Waals surface area contributed by atoms with Gasteiger partial charge in [-0.15, -0.1) is 0 Å². The zero-order valence-electron chi connectivity index (χ0n) is 11.0. The van der Waals surface area contributed by atoms with Crippen molar-refractivity contribution in [3.8, 4) is 0 Å². The van der Waals surface area contributed by atoms with Crippen molar-refractivity contribution in [2.45, 2.75) is 13.3 Å². The summed E-state index contributed by atoms with van der Waals surface area (Å²) in [5, 5.41) is 13.7. The van der Waals surface area contributed by atoms with Gasteiger partial charge < -0.3 is 19.3 Å². The molecule has 0 aliphatic carbocycles. The Balaban J connectivity index is 2.19. The summed E-state index contributed by atoms with van der Waals surface area (Å²) in [7, 11) is 0. The van der Waals surface area contributed by atoms with Crippen LogP contribution in [0.25, 0.3) is 11.1 Å². The molecule has 106 valence electrons. The average Bonchev–Trinajstić information content (AvgIpc) is 2.90. The number of aromatic carboxylic acids is 1. The third kappa shape index (κ3) is 2.07. The molecule has 2 aromatic rings. The Hall–Kier alpha value is -2.22. The van der Waals surface area contributed by atoms with Crippen molar-refractivity contribution >= 4 is 22.9 Å². The molecule has 2 aromatic heterocycles. The highest BCUT2D eigenvalue weighted by atomic mass is 16.5. The van der Waals surface area contributed by atoms with Gasteiger partial charge in [-0.25, -0.2) is 9.78 Å². The lowest BCUT2D eigenvalue weighted by atomic mass is 10.2. The van der Waals surface area contributed by atoms with Gasteiger partial charge in [0.25, 0.3) is 5.71 Å². The predicted octanol–water partition coefficient (Wildman–Crippen LogP) is 0.715. The molecule has 0 saturated carbocycles. The van der Waals surface area contributed by atoms with Crippen LogP contribution in [0.5, 0.6) is 0 Å². The minimum Gasteiger partial charge on any atom is -0.475 e. The van der Waals surface area contributed by atoms with E-state index in [0.29, 0.717) is 43.9 Å². The summed E-state index contributed by atoms with van der Waals surface area (Å²) in [6, 6.07) is 0. The Bertz CT molecular complexity index is 648. The first-order valence-electron chi connectivity index (χ1n) is 6.43. The number of rotatable bonds is 3. The van der Waals surface area contributed by atoms with Crippen LogP contribution in [0.3, 0.4) is 0 Å². The zero-order chi connectivity index (χ0) is 14.1. The molecule has 0 atom stereocenters. The highest BCUT2D eigenvalue weighted by Crippen LogP contribution is 2.28. The van der Waals surface area contributed by atoms with Gasteiger partial charge in [-0.05, 0) is 6.42 Å². The van der Waals surface area contributed by atoms with E-state index in [1.807, 2.05) is 11.8 Å². The number of anilines is 1. The molecule has 0 unspecified atom stereocenters. The molecular formula is C12H14N4O4. The minimum atomic E-state index is -1.18. The highest BCUT2D eigenvalue weighted by molar-refractivity contribution is 5.93. The topological polar surface area (TPSA) is 102 Å².